The molecule has 0 radical (unpaired) electrons. The summed E-state index contributed by atoms with van der Waals surface area (Å²) in [5.74, 6) is -1.01. The normalized spacial score (nSPS) is 13.3. The van der Waals surface area contributed by atoms with Crippen LogP contribution in [0.5, 0.6) is 0 Å². The molecule has 1 heterocycles. The van der Waals surface area contributed by atoms with Gasteiger partial charge in [0, 0.05) is 10.4 Å². The van der Waals surface area contributed by atoms with Crippen LogP contribution in [0.3, 0.4) is 0 Å². The Kier molecular flexibility index (Phi) is 4.02. The number of allylic oxidation sites excluding steroid dienone is 3. The Labute approximate surface area is 132 Å². The fourth-order valence-corrected chi connectivity index (χ4v) is 3.15. The highest BCUT2D eigenvalue weighted by atomic mass is 32.1. The molecular weight excluding hydrogens is 296 g/mol. The van der Waals surface area contributed by atoms with Gasteiger partial charge < -0.3 is 5.11 Å². The van der Waals surface area contributed by atoms with E-state index in [1.165, 1.54) is 17.2 Å². The number of hydrogen-bond donors (Lipinski definition) is 1. The lowest BCUT2D eigenvalue weighted by Gasteiger charge is -2.11. The second kappa shape index (κ2) is 6.12. The van der Waals surface area contributed by atoms with Crippen LogP contribution < -0.4 is 0 Å². The Morgan fingerprint density at radius 1 is 1.05 bits per heavy atom. The molecule has 1 aliphatic rings. The van der Waals surface area contributed by atoms with Gasteiger partial charge in [-0.3, -0.25) is 4.79 Å². The molecule has 2 aromatic rings. The molecule has 0 atom stereocenters. The van der Waals surface area contributed by atoms with Crippen LogP contribution in [0.4, 0.5) is 0 Å². The van der Waals surface area contributed by atoms with Crippen LogP contribution in [0.15, 0.2) is 48.6 Å². The van der Waals surface area contributed by atoms with Gasteiger partial charge in [-0.15, -0.1) is 11.3 Å². The van der Waals surface area contributed by atoms with Gasteiger partial charge in [-0.05, 0) is 54.3 Å². The van der Waals surface area contributed by atoms with Crippen molar-refractivity contribution < 1.29 is 14.7 Å². The zero-order valence-corrected chi connectivity index (χ0v) is 12.6. The topological polar surface area (TPSA) is 54.4 Å². The number of rotatable bonds is 4. The molecule has 0 spiro atoms. The van der Waals surface area contributed by atoms with Crippen molar-refractivity contribution in [2.75, 3.05) is 0 Å². The Morgan fingerprint density at radius 2 is 1.82 bits per heavy atom. The quantitative estimate of drug-likeness (QED) is 0.527. The molecule has 1 aromatic carbocycles. The van der Waals surface area contributed by atoms with E-state index >= 15 is 0 Å². The maximum absolute atomic E-state index is 12.2. The van der Waals surface area contributed by atoms with Gasteiger partial charge in [0.1, 0.15) is 4.88 Å². The number of ketones is 1. The number of fused-ring (bicyclic) bond motifs is 1. The van der Waals surface area contributed by atoms with E-state index in [1.807, 2.05) is 18.2 Å². The van der Waals surface area contributed by atoms with E-state index < -0.39 is 5.97 Å². The summed E-state index contributed by atoms with van der Waals surface area (Å²) in [5, 5.41) is 8.88. The van der Waals surface area contributed by atoms with Gasteiger partial charge in [0.25, 0.3) is 0 Å². The van der Waals surface area contributed by atoms with Crippen molar-refractivity contribution in [3.63, 3.8) is 0 Å². The maximum Gasteiger partial charge on any atom is 0.345 e. The lowest BCUT2D eigenvalue weighted by atomic mass is 9.94. The number of carbonyl (C=O) groups is 2. The molecule has 1 aliphatic carbocycles. The van der Waals surface area contributed by atoms with Gasteiger partial charge in [0.15, 0.2) is 5.78 Å². The van der Waals surface area contributed by atoms with Gasteiger partial charge in [0.2, 0.25) is 0 Å². The molecule has 0 fully saturated rings. The van der Waals surface area contributed by atoms with E-state index in [4.69, 9.17) is 5.11 Å². The van der Waals surface area contributed by atoms with Crippen LogP contribution in [-0.2, 0) is 12.8 Å². The number of carbonyl (C=O) groups excluding carboxylic acids is 1. The summed E-state index contributed by atoms with van der Waals surface area (Å²) < 4.78 is 0. The first-order valence-electron chi connectivity index (χ1n) is 6.96. The number of carboxylic acid groups (broad SMARTS) is 1. The molecular formula is C18H14O3S. The smallest absolute Gasteiger partial charge is 0.345 e. The second-order valence-corrected chi connectivity index (χ2v) is 6.18. The van der Waals surface area contributed by atoms with Crippen molar-refractivity contribution in [2.24, 2.45) is 0 Å². The molecule has 3 rings (SSSR count). The lowest BCUT2D eigenvalue weighted by Crippen LogP contribution is -2.01. The van der Waals surface area contributed by atoms with Crippen molar-refractivity contribution in [2.45, 2.75) is 12.8 Å². The molecule has 4 heteroatoms. The molecule has 1 N–H and O–H groups in total. The number of carboxylic acids is 1. The Bertz CT molecular complexity index is 796. The van der Waals surface area contributed by atoms with Crippen molar-refractivity contribution in [1.82, 2.24) is 0 Å². The monoisotopic (exact) mass is 310 g/mol. The van der Waals surface area contributed by atoms with E-state index in [0.717, 1.165) is 29.1 Å². The van der Waals surface area contributed by atoms with Crippen molar-refractivity contribution in [1.29, 1.82) is 0 Å². The van der Waals surface area contributed by atoms with E-state index in [1.54, 1.807) is 18.2 Å². The summed E-state index contributed by atoms with van der Waals surface area (Å²) in [6.45, 7) is 0. The van der Waals surface area contributed by atoms with Crippen LogP contribution in [-0.4, -0.2) is 16.9 Å². The van der Waals surface area contributed by atoms with E-state index in [9.17, 15) is 9.59 Å². The third kappa shape index (κ3) is 3.07. The Morgan fingerprint density at radius 3 is 2.55 bits per heavy atom. The van der Waals surface area contributed by atoms with Crippen LogP contribution >= 0.6 is 11.3 Å². The second-order valence-electron chi connectivity index (χ2n) is 5.07. The first-order valence-corrected chi connectivity index (χ1v) is 7.77. The number of aromatic carboxylic acids is 1. The maximum atomic E-state index is 12.2. The number of thiophene rings is 1. The lowest BCUT2D eigenvalue weighted by molar-refractivity contribution is 0.0702. The number of benzene rings is 1. The largest absolute Gasteiger partial charge is 0.477 e. The minimum absolute atomic E-state index is 0.0670. The average molecular weight is 310 g/mol. The molecule has 3 nitrogen and oxygen atoms in total. The van der Waals surface area contributed by atoms with Crippen LogP contribution in [0.25, 0.3) is 6.08 Å². The minimum atomic E-state index is -0.946. The minimum Gasteiger partial charge on any atom is -0.477 e. The molecule has 0 unspecified atom stereocenters. The first-order chi connectivity index (χ1) is 10.6. The van der Waals surface area contributed by atoms with Gasteiger partial charge in [-0.1, -0.05) is 24.3 Å². The van der Waals surface area contributed by atoms with Gasteiger partial charge in [0.05, 0.1) is 0 Å². The zero-order chi connectivity index (χ0) is 15.5. The molecule has 0 aliphatic heterocycles. The average Bonchev–Trinajstić information content (AvgIpc) is 3.01. The van der Waals surface area contributed by atoms with Gasteiger partial charge in [-0.2, -0.15) is 0 Å². The van der Waals surface area contributed by atoms with E-state index in [-0.39, 0.29) is 10.7 Å². The van der Waals surface area contributed by atoms with Crippen LogP contribution in [0.1, 0.15) is 36.0 Å². The van der Waals surface area contributed by atoms with E-state index in [2.05, 4.69) is 12.2 Å². The number of hydrogen-bond acceptors (Lipinski definition) is 3. The van der Waals surface area contributed by atoms with Gasteiger partial charge in [-0.25, -0.2) is 4.79 Å². The summed E-state index contributed by atoms with van der Waals surface area (Å²) in [6, 6.07) is 9.05. The predicted octanol–water partition coefficient (Wildman–Crippen LogP) is 4.00. The standard InChI is InChI=1S/C18H14O3S/c19-16(9-7-15-8-10-17(22-15)18(20)21)14-6-5-12-3-1-2-4-13(12)11-14/h1-2,5-11H,3-4H2,(H,20,21). The third-order valence-electron chi connectivity index (χ3n) is 3.57. The summed E-state index contributed by atoms with van der Waals surface area (Å²) >= 11 is 1.15. The fourth-order valence-electron chi connectivity index (χ4n) is 2.40. The molecule has 110 valence electrons. The van der Waals surface area contributed by atoms with Crippen LogP contribution in [0, 0.1) is 0 Å². The summed E-state index contributed by atoms with van der Waals surface area (Å²) in [4.78, 5) is 24.1. The molecule has 0 saturated heterocycles. The summed E-state index contributed by atoms with van der Waals surface area (Å²) in [5.41, 5.74) is 3.14. The highest BCUT2D eigenvalue weighted by molar-refractivity contribution is 7.14. The van der Waals surface area contributed by atoms with Crippen molar-refractivity contribution in [3.8, 4) is 0 Å². The highest BCUT2D eigenvalue weighted by Crippen LogP contribution is 2.20. The SMILES string of the molecule is O=C(C=Cc1ccc(C(=O)O)s1)c1ccc2c(c1)CC=CC2. The van der Waals surface area contributed by atoms with E-state index in [0.29, 0.717) is 5.56 Å². The van der Waals surface area contributed by atoms with Crippen LogP contribution in [0.2, 0.25) is 0 Å². The molecule has 0 bridgehead atoms. The third-order valence-corrected chi connectivity index (χ3v) is 4.61. The Balaban J connectivity index is 1.76. The summed E-state index contributed by atoms with van der Waals surface area (Å²) in [7, 11) is 0. The van der Waals surface area contributed by atoms with Gasteiger partial charge >= 0.3 is 5.97 Å². The first kappa shape index (κ1) is 14.5. The molecule has 1 aromatic heterocycles. The molecule has 22 heavy (non-hydrogen) atoms. The summed E-state index contributed by atoms with van der Waals surface area (Å²) in [6.07, 6.45) is 9.21. The van der Waals surface area contributed by atoms with Crippen molar-refractivity contribution in [3.05, 3.63) is 75.0 Å². The van der Waals surface area contributed by atoms with Crippen molar-refractivity contribution >= 4 is 29.2 Å². The highest BCUT2D eigenvalue weighted by Gasteiger charge is 2.09. The molecule has 0 saturated carbocycles. The fraction of sp³-hybridized carbons (Fsp3) is 0.111. The Hall–Kier alpha value is -2.46. The zero-order valence-electron chi connectivity index (χ0n) is 11.8. The molecule has 0 amide bonds. The predicted molar refractivity (Wildman–Crippen MR) is 87.6 cm³/mol.